The molecule has 1 aromatic carbocycles. The second kappa shape index (κ2) is 7.96. The first-order valence-electron chi connectivity index (χ1n) is 9.39. The van der Waals surface area contributed by atoms with Gasteiger partial charge < -0.3 is 10.1 Å². The third-order valence-corrected chi connectivity index (χ3v) is 7.48. The Bertz CT molecular complexity index is 750. The zero-order valence-corrected chi connectivity index (χ0v) is 16.3. The smallest absolute Gasteiger partial charge is 0.229 e. The van der Waals surface area contributed by atoms with Gasteiger partial charge in [0.05, 0.1) is 24.5 Å². The lowest BCUT2D eigenvalue weighted by molar-refractivity contribution is -0.125. The molecular weight excluding hydrogens is 352 g/mol. The van der Waals surface area contributed by atoms with E-state index in [-0.39, 0.29) is 29.5 Å². The number of carbonyl (C=O) groups excluding carboxylic acids is 1. The van der Waals surface area contributed by atoms with Gasteiger partial charge >= 0.3 is 0 Å². The van der Waals surface area contributed by atoms with E-state index in [0.717, 1.165) is 25.7 Å². The summed E-state index contributed by atoms with van der Waals surface area (Å²) in [7, 11) is -1.73. The Morgan fingerprint density at radius 3 is 2.77 bits per heavy atom. The van der Waals surface area contributed by atoms with Crippen LogP contribution in [0.25, 0.3) is 0 Å². The van der Waals surface area contributed by atoms with Gasteiger partial charge in [0.25, 0.3) is 0 Å². The summed E-state index contributed by atoms with van der Waals surface area (Å²) in [6.07, 6.45) is 4.03. The average Bonchev–Trinajstić information content (AvgIpc) is 2.67. The monoisotopic (exact) mass is 380 g/mol. The Balaban J connectivity index is 1.76. The van der Waals surface area contributed by atoms with E-state index in [4.69, 9.17) is 4.74 Å². The Kier molecular flexibility index (Phi) is 5.87. The lowest BCUT2D eigenvalue weighted by Crippen LogP contribution is -2.58. The van der Waals surface area contributed by atoms with Crippen molar-refractivity contribution >= 4 is 21.6 Å². The van der Waals surface area contributed by atoms with Gasteiger partial charge in [0, 0.05) is 12.6 Å². The number of fused-ring (bicyclic) bond motifs is 3. The van der Waals surface area contributed by atoms with Crippen LogP contribution in [0.2, 0.25) is 0 Å². The molecule has 3 atom stereocenters. The van der Waals surface area contributed by atoms with E-state index in [9.17, 15) is 13.2 Å². The van der Waals surface area contributed by atoms with Crippen LogP contribution < -0.4 is 10.1 Å². The Labute approximate surface area is 156 Å². The molecule has 3 fully saturated rings. The van der Waals surface area contributed by atoms with E-state index in [1.807, 2.05) is 19.1 Å². The highest BCUT2D eigenvalue weighted by Crippen LogP contribution is 2.41. The number of benzene rings is 1. The number of amides is 1. The fraction of sp³-hybridized carbons (Fsp3) is 0.632. The van der Waals surface area contributed by atoms with Crippen molar-refractivity contribution in [3.05, 3.63) is 24.3 Å². The molecule has 2 bridgehead atoms. The van der Waals surface area contributed by atoms with Crippen molar-refractivity contribution in [1.82, 2.24) is 4.31 Å². The number of nitrogens with zero attached hydrogens (tertiary/aromatic N) is 1. The molecule has 144 valence electrons. The zero-order valence-electron chi connectivity index (χ0n) is 15.5. The minimum atomic E-state index is -3.30. The van der Waals surface area contributed by atoms with E-state index in [1.54, 1.807) is 23.5 Å². The standard InChI is InChI=1S/C19H28N2O4S/c1-3-4-11-26(23,24)21-13-14-9-10-17(21)15(12-14)19(22)20-16-7-5-6-8-18(16)25-2/h5-8,14-15,17H,3-4,9-13H2,1-2H3,(H,20,22)/t14-,15+,17+/m0/s1. The molecule has 2 aliphatic heterocycles. The zero-order chi connectivity index (χ0) is 18.7. The van der Waals surface area contributed by atoms with Crippen molar-refractivity contribution in [1.29, 1.82) is 0 Å². The van der Waals surface area contributed by atoms with Crippen molar-refractivity contribution < 1.29 is 17.9 Å². The maximum atomic E-state index is 12.9. The topological polar surface area (TPSA) is 75.7 Å². The molecule has 1 amide bonds. The average molecular weight is 381 g/mol. The Hall–Kier alpha value is -1.60. The van der Waals surface area contributed by atoms with E-state index in [2.05, 4.69) is 5.32 Å². The fourth-order valence-corrected chi connectivity index (χ4v) is 6.15. The number of nitrogens with one attached hydrogen (secondary N) is 1. The summed E-state index contributed by atoms with van der Waals surface area (Å²) in [6, 6.07) is 7.06. The van der Waals surface area contributed by atoms with Crippen LogP contribution in [-0.4, -0.2) is 44.1 Å². The largest absolute Gasteiger partial charge is 0.495 e. The number of anilines is 1. The number of rotatable bonds is 7. The number of methoxy groups -OCH3 is 1. The highest BCUT2D eigenvalue weighted by Gasteiger charge is 2.48. The highest BCUT2D eigenvalue weighted by molar-refractivity contribution is 7.89. The van der Waals surface area contributed by atoms with E-state index in [1.165, 1.54) is 0 Å². The van der Waals surface area contributed by atoms with E-state index >= 15 is 0 Å². The van der Waals surface area contributed by atoms with Crippen LogP contribution in [0.15, 0.2) is 24.3 Å². The maximum Gasteiger partial charge on any atom is 0.229 e. The molecule has 26 heavy (non-hydrogen) atoms. The quantitative estimate of drug-likeness (QED) is 0.789. The third kappa shape index (κ3) is 3.88. The van der Waals surface area contributed by atoms with Crippen LogP contribution in [-0.2, 0) is 14.8 Å². The number of sulfonamides is 1. The molecule has 1 aliphatic carbocycles. The second-order valence-corrected chi connectivity index (χ2v) is 9.32. The first kappa shape index (κ1) is 19.2. The summed E-state index contributed by atoms with van der Waals surface area (Å²) >= 11 is 0. The van der Waals surface area contributed by atoms with Crippen LogP contribution in [0.5, 0.6) is 5.75 Å². The second-order valence-electron chi connectivity index (χ2n) is 7.28. The van der Waals surface area contributed by atoms with Crippen molar-refractivity contribution in [2.75, 3.05) is 24.7 Å². The van der Waals surface area contributed by atoms with Crippen LogP contribution in [0.4, 0.5) is 5.69 Å². The van der Waals surface area contributed by atoms with Crippen LogP contribution in [0.1, 0.15) is 39.0 Å². The lowest BCUT2D eigenvalue weighted by Gasteiger charge is -2.48. The van der Waals surface area contributed by atoms with Crippen molar-refractivity contribution in [2.45, 2.75) is 45.1 Å². The van der Waals surface area contributed by atoms with Gasteiger partial charge in [-0.2, -0.15) is 4.31 Å². The molecule has 2 saturated heterocycles. The summed E-state index contributed by atoms with van der Waals surface area (Å²) in [4.78, 5) is 12.9. The van der Waals surface area contributed by atoms with Crippen molar-refractivity contribution in [3.63, 3.8) is 0 Å². The van der Waals surface area contributed by atoms with E-state index in [0.29, 0.717) is 24.4 Å². The number of piperidine rings is 2. The lowest BCUT2D eigenvalue weighted by atomic mass is 9.73. The predicted octanol–water partition coefficient (Wildman–Crippen LogP) is 2.86. The summed E-state index contributed by atoms with van der Waals surface area (Å²) in [5.41, 5.74) is 0.627. The summed E-state index contributed by atoms with van der Waals surface area (Å²) in [6.45, 7) is 2.55. The first-order valence-corrected chi connectivity index (χ1v) is 11.0. The number of hydrogen-bond donors (Lipinski definition) is 1. The summed E-state index contributed by atoms with van der Waals surface area (Å²) in [5, 5.41) is 2.95. The molecule has 0 aromatic heterocycles. The number of hydrogen-bond acceptors (Lipinski definition) is 4. The summed E-state index contributed by atoms with van der Waals surface area (Å²) < 4.78 is 32.4. The van der Waals surface area contributed by atoms with Gasteiger partial charge in [0.2, 0.25) is 15.9 Å². The normalized spacial score (nSPS) is 25.8. The van der Waals surface area contributed by atoms with Crippen LogP contribution in [0, 0.1) is 11.8 Å². The number of ether oxygens (including phenoxy) is 1. The first-order chi connectivity index (χ1) is 12.5. The molecular formula is C19H28N2O4S. The molecule has 0 unspecified atom stereocenters. The van der Waals surface area contributed by atoms with Gasteiger partial charge in [-0.05, 0) is 43.7 Å². The number of para-hydroxylation sites is 2. The predicted molar refractivity (Wildman–Crippen MR) is 102 cm³/mol. The van der Waals surface area contributed by atoms with Gasteiger partial charge in [-0.15, -0.1) is 0 Å². The molecule has 2 heterocycles. The number of carbonyl (C=O) groups is 1. The molecule has 1 N–H and O–H groups in total. The molecule has 1 aromatic rings. The van der Waals surface area contributed by atoms with Gasteiger partial charge in [-0.25, -0.2) is 8.42 Å². The number of unbranched alkanes of at least 4 members (excludes halogenated alkanes) is 1. The van der Waals surface area contributed by atoms with Gasteiger partial charge in [-0.1, -0.05) is 25.5 Å². The van der Waals surface area contributed by atoms with Gasteiger partial charge in [0.15, 0.2) is 0 Å². The Morgan fingerprint density at radius 1 is 1.31 bits per heavy atom. The molecule has 0 radical (unpaired) electrons. The van der Waals surface area contributed by atoms with Crippen LogP contribution in [0.3, 0.4) is 0 Å². The fourth-order valence-electron chi connectivity index (χ4n) is 4.16. The van der Waals surface area contributed by atoms with Gasteiger partial charge in [-0.3, -0.25) is 4.79 Å². The molecule has 3 aliphatic rings. The third-order valence-electron chi connectivity index (χ3n) is 5.55. The summed E-state index contributed by atoms with van der Waals surface area (Å²) in [5.74, 6) is 0.635. The molecule has 1 saturated carbocycles. The molecule has 7 heteroatoms. The Morgan fingerprint density at radius 2 is 2.08 bits per heavy atom. The minimum Gasteiger partial charge on any atom is -0.495 e. The maximum absolute atomic E-state index is 12.9. The van der Waals surface area contributed by atoms with Crippen molar-refractivity contribution in [3.8, 4) is 5.75 Å². The van der Waals surface area contributed by atoms with Crippen LogP contribution >= 0.6 is 0 Å². The minimum absolute atomic E-state index is 0.111. The molecule has 6 nitrogen and oxygen atoms in total. The van der Waals surface area contributed by atoms with Crippen molar-refractivity contribution in [2.24, 2.45) is 11.8 Å². The van der Waals surface area contributed by atoms with E-state index < -0.39 is 10.0 Å². The SMILES string of the molecule is CCCCS(=O)(=O)N1C[C@H]2CC[C@@H]1[C@H](C(=O)Nc1ccccc1OC)C2. The highest BCUT2D eigenvalue weighted by atomic mass is 32.2. The molecule has 0 spiro atoms. The molecule has 4 rings (SSSR count). The van der Waals surface area contributed by atoms with Gasteiger partial charge in [0.1, 0.15) is 5.75 Å².